The molecule has 196 valence electrons. The minimum atomic E-state index is -0.174. The number of rotatable bonds is 6. The summed E-state index contributed by atoms with van der Waals surface area (Å²) in [5.41, 5.74) is 2.38. The van der Waals surface area contributed by atoms with Gasteiger partial charge in [0.25, 0.3) is 0 Å². The second kappa shape index (κ2) is 10.5. The Balaban J connectivity index is 1.08. The average Bonchev–Trinajstić information content (AvgIpc) is 3.43. The smallest absolute Gasteiger partial charge is 0.229 e. The minimum absolute atomic E-state index is 0.174. The van der Waals surface area contributed by atoms with E-state index in [9.17, 15) is 9.59 Å². The van der Waals surface area contributed by atoms with Crippen molar-refractivity contribution in [1.29, 1.82) is 0 Å². The second-order valence-electron chi connectivity index (χ2n) is 11.8. The van der Waals surface area contributed by atoms with E-state index in [1.54, 1.807) is 0 Å². The lowest BCUT2D eigenvalue weighted by atomic mass is 9.76. The molecule has 1 aliphatic carbocycles. The van der Waals surface area contributed by atoms with E-state index in [0.717, 1.165) is 75.8 Å². The molecular formula is C31H38BrN3O2. The van der Waals surface area contributed by atoms with Crippen LogP contribution in [0.3, 0.4) is 0 Å². The molecule has 2 amide bonds. The molecule has 37 heavy (non-hydrogen) atoms. The Hall–Kier alpha value is -2.18. The summed E-state index contributed by atoms with van der Waals surface area (Å²) in [5, 5.41) is 0. The van der Waals surface area contributed by atoms with E-state index in [2.05, 4.69) is 85.2 Å². The van der Waals surface area contributed by atoms with Gasteiger partial charge < -0.3 is 14.7 Å². The van der Waals surface area contributed by atoms with Gasteiger partial charge in [-0.3, -0.25) is 9.59 Å². The van der Waals surface area contributed by atoms with Crippen LogP contribution in [0.2, 0.25) is 0 Å². The summed E-state index contributed by atoms with van der Waals surface area (Å²) in [6, 6.07) is 19.1. The van der Waals surface area contributed by atoms with Crippen molar-refractivity contribution in [2.24, 2.45) is 17.3 Å². The first-order valence-electron chi connectivity index (χ1n) is 14.1. The van der Waals surface area contributed by atoms with Gasteiger partial charge in [-0.2, -0.15) is 0 Å². The van der Waals surface area contributed by atoms with Crippen LogP contribution in [0.4, 0.5) is 0 Å². The average molecular weight is 565 g/mol. The Morgan fingerprint density at radius 2 is 1.62 bits per heavy atom. The van der Waals surface area contributed by atoms with Crippen LogP contribution in [0.1, 0.15) is 55.6 Å². The van der Waals surface area contributed by atoms with Crippen molar-refractivity contribution in [3.8, 4) is 0 Å². The third-order valence-electron chi connectivity index (χ3n) is 9.63. The van der Waals surface area contributed by atoms with Gasteiger partial charge in [-0.1, -0.05) is 64.8 Å². The van der Waals surface area contributed by atoms with Crippen LogP contribution in [-0.2, 0) is 16.1 Å². The fourth-order valence-corrected chi connectivity index (χ4v) is 7.30. The molecule has 2 aromatic carbocycles. The first-order valence-corrected chi connectivity index (χ1v) is 14.9. The maximum Gasteiger partial charge on any atom is 0.229 e. The van der Waals surface area contributed by atoms with Gasteiger partial charge in [-0.15, -0.1) is 0 Å². The van der Waals surface area contributed by atoms with Gasteiger partial charge in [0.1, 0.15) is 0 Å². The van der Waals surface area contributed by atoms with Crippen molar-refractivity contribution in [3.05, 3.63) is 70.2 Å². The summed E-state index contributed by atoms with van der Waals surface area (Å²) < 4.78 is 1.07. The van der Waals surface area contributed by atoms with Gasteiger partial charge >= 0.3 is 0 Å². The van der Waals surface area contributed by atoms with Gasteiger partial charge in [0.05, 0.1) is 5.41 Å². The molecule has 0 radical (unpaired) electrons. The molecular weight excluding hydrogens is 526 g/mol. The number of likely N-dealkylation sites (tertiary alicyclic amines) is 3. The standard InChI is InChI=1S/C31H38BrN3O2/c32-27-11-9-23(10-12-27)19-34-18-15-31(30(34)37)13-16-33(17-14-31)20-26-21-35(29(36)25-7-4-8-25)22-28(26)24-5-2-1-3-6-24/h1-3,5-6,9-12,25-26,28H,4,7-8,13-22H2. The number of benzene rings is 2. The monoisotopic (exact) mass is 563 g/mol. The summed E-state index contributed by atoms with van der Waals surface area (Å²) in [6.07, 6.45) is 6.22. The van der Waals surface area contributed by atoms with E-state index in [1.807, 2.05) is 0 Å². The van der Waals surface area contributed by atoms with Crippen LogP contribution in [0.15, 0.2) is 59.1 Å². The Bertz CT molecular complexity index is 1110. The molecule has 0 bridgehead atoms. The van der Waals surface area contributed by atoms with Crippen molar-refractivity contribution in [2.45, 2.75) is 51.0 Å². The van der Waals surface area contributed by atoms with Gasteiger partial charge in [-0.05, 0) is 74.4 Å². The SMILES string of the molecule is O=C(C1CCC1)N1CC(CN2CCC3(CC2)CCN(Cc2ccc(Br)cc2)C3=O)C(c2ccccc2)C1. The predicted octanol–water partition coefficient (Wildman–Crippen LogP) is 5.31. The number of halogens is 1. The van der Waals surface area contributed by atoms with Crippen molar-refractivity contribution in [1.82, 2.24) is 14.7 Å². The molecule has 0 aromatic heterocycles. The van der Waals surface area contributed by atoms with Crippen molar-refractivity contribution in [2.75, 3.05) is 39.3 Å². The quantitative estimate of drug-likeness (QED) is 0.478. The number of hydrogen-bond donors (Lipinski definition) is 0. The Morgan fingerprint density at radius 1 is 0.919 bits per heavy atom. The molecule has 1 saturated carbocycles. The normalized spacial score (nSPS) is 26.1. The highest BCUT2D eigenvalue weighted by molar-refractivity contribution is 9.10. The van der Waals surface area contributed by atoms with Crippen LogP contribution >= 0.6 is 15.9 Å². The number of amides is 2. The maximum atomic E-state index is 13.5. The zero-order valence-corrected chi connectivity index (χ0v) is 23.2. The number of hydrogen-bond acceptors (Lipinski definition) is 3. The van der Waals surface area contributed by atoms with Crippen LogP contribution in [0.5, 0.6) is 0 Å². The van der Waals surface area contributed by atoms with E-state index >= 15 is 0 Å². The number of piperidine rings is 1. The highest BCUT2D eigenvalue weighted by Gasteiger charge is 2.48. The summed E-state index contributed by atoms with van der Waals surface area (Å²) in [4.78, 5) is 33.4. The van der Waals surface area contributed by atoms with Crippen LogP contribution in [0, 0.1) is 17.3 Å². The minimum Gasteiger partial charge on any atom is -0.341 e. The zero-order chi connectivity index (χ0) is 25.4. The van der Waals surface area contributed by atoms with Crippen LogP contribution in [0.25, 0.3) is 0 Å². The largest absolute Gasteiger partial charge is 0.341 e. The Labute approximate surface area is 229 Å². The molecule has 1 spiro atoms. The van der Waals surface area contributed by atoms with Crippen LogP contribution in [-0.4, -0.2) is 65.8 Å². The third-order valence-corrected chi connectivity index (χ3v) is 10.2. The fraction of sp³-hybridized carbons (Fsp3) is 0.548. The topological polar surface area (TPSA) is 43.9 Å². The summed E-state index contributed by atoms with van der Waals surface area (Å²) in [6.45, 7) is 6.27. The molecule has 3 saturated heterocycles. The first kappa shape index (κ1) is 25.1. The van der Waals surface area contributed by atoms with Crippen molar-refractivity contribution < 1.29 is 9.59 Å². The van der Waals surface area contributed by atoms with E-state index in [1.165, 1.54) is 17.5 Å². The highest BCUT2D eigenvalue weighted by atomic mass is 79.9. The molecule has 2 aromatic rings. The van der Waals surface area contributed by atoms with E-state index in [4.69, 9.17) is 0 Å². The van der Waals surface area contributed by atoms with Gasteiger partial charge in [0, 0.05) is 49.0 Å². The maximum absolute atomic E-state index is 13.5. The molecule has 4 aliphatic rings. The second-order valence-corrected chi connectivity index (χ2v) is 12.7. The molecule has 3 heterocycles. The molecule has 4 fully saturated rings. The van der Waals surface area contributed by atoms with Gasteiger partial charge in [0.15, 0.2) is 0 Å². The Morgan fingerprint density at radius 3 is 2.30 bits per heavy atom. The van der Waals surface area contributed by atoms with E-state index < -0.39 is 0 Å². The van der Waals surface area contributed by atoms with Gasteiger partial charge in [0.2, 0.25) is 11.8 Å². The molecule has 5 nitrogen and oxygen atoms in total. The summed E-state index contributed by atoms with van der Waals surface area (Å²) in [5.74, 6) is 1.85. The molecule has 0 N–H and O–H groups in total. The molecule has 6 heteroatoms. The number of nitrogens with zero attached hydrogens (tertiary/aromatic N) is 3. The molecule has 2 atom stereocenters. The first-order chi connectivity index (χ1) is 18.0. The molecule has 3 aliphatic heterocycles. The fourth-order valence-electron chi connectivity index (χ4n) is 7.04. The molecule has 2 unspecified atom stereocenters. The van der Waals surface area contributed by atoms with Crippen molar-refractivity contribution >= 4 is 27.7 Å². The third kappa shape index (κ3) is 5.12. The summed E-state index contributed by atoms with van der Waals surface area (Å²) >= 11 is 3.50. The lowest BCUT2D eigenvalue weighted by molar-refractivity contribution is -0.139. The lowest BCUT2D eigenvalue weighted by Crippen LogP contribution is -2.46. The zero-order valence-electron chi connectivity index (χ0n) is 21.7. The van der Waals surface area contributed by atoms with E-state index in [0.29, 0.717) is 30.2 Å². The lowest BCUT2D eigenvalue weighted by Gasteiger charge is -2.39. The van der Waals surface area contributed by atoms with Gasteiger partial charge in [-0.25, -0.2) is 0 Å². The number of carbonyl (C=O) groups is 2. The van der Waals surface area contributed by atoms with Crippen LogP contribution < -0.4 is 0 Å². The number of carbonyl (C=O) groups excluding carboxylic acids is 2. The Kier molecular flexibility index (Phi) is 7.15. The highest BCUT2D eigenvalue weighted by Crippen LogP contribution is 2.43. The van der Waals surface area contributed by atoms with Crippen molar-refractivity contribution in [3.63, 3.8) is 0 Å². The summed E-state index contributed by atoms with van der Waals surface area (Å²) in [7, 11) is 0. The predicted molar refractivity (Wildman–Crippen MR) is 149 cm³/mol. The van der Waals surface area contributed by atoms with E-state index in [-0.39, 0.29) is 11.3 Å². The molecule has 6 rings (SSSR count).